The SMILES string of the molecule is Cc1cc(C)cc(S(=O)(=O)c2cn(C)c3cc(N4CCN(Cc5ccccc5)CC4)c(F)cc3c2=O)c1. The molecule has 0 aliphatic carbocycles. The van der Waals surface area contributed by atoms with Gasteiger partial charge in [-0.1, -0.05) is 36.4 Å². The molecule has 0 spiro atoms. The standard InChI is InChI=1S/C29H30FN3O3S/c1-20-13-21(2)15-23(14-20)37(35,36)28-19-31(3)26-17-27(25(30)16-24(26)29(28)34)33-11-9-32(10-12-33)18-22-7-5-4-6-8-22/h4-8,13-17,19H,9-12,18H2,1-3H3. The molecule has 37 heavy (non-hydrogen) atoms. The zero-order valence-corrected chi connectivity index (χ0v) is 22.1. The van der Waals surface area contributed by atoms with Crippen LogP contribution in [-0.2, 0) is 23.4 Å². The molecule has 0 saturated carbocycles. The number of sulfone groups is 1. The molecule has 4 aromatic rings. The average Bonchev–Trinajstić information content (AvgIpc) is 2.86. The number of piperazine rings is 1. The molecule has 8 heteroatoms. The van der Waals surface area contributed by atoms with Gasteiger partial charge in [-0.15, -0.1) is 0 Å². The number of hydrogen-bond donors (Lipinski definition) is 0. The Kier molecular flexibility index (Phi) is 6.64. The fourth-order valence-corrected chi connectivity index (χ4v) is 6.69. The highest BCUT2D eigenvalue weighted by atomic mass is 32.2. The maximum Gasteiger partial charge on any atom is 0.211 e. The van der Waals surface area contributed by atoms with Gasteiger partial charge in [0.15, 0.2) is 0 Å². The van der Waals surface area contributed by atoms with Crippen molar-refractivity contribution in [1.82, 2.24) is 9.47 Å². The lowest BCUT2D eigenvalue weighted by Crippen LogP contribution is -2.46. The Hall–Kier alpha value is -3.49. The van der Waals surface area contributed by atoms with E-state index in [4.69, 9.17) is 0 Å². The molecule has 1 fully saturated rings. The van der Waals surface area contributed by atoms with Gasteiger partial charge < -0.3 is 9.47 Å². The molecule has 1 aromatic heterocycles. The first-order valence-corrected chi connectivity index (χ1v) is 13.8. The third-order valence-electron chi connectivity index (χ3n) is 6.98. The quantitative estimate of drug-likeness (QED) is 0.390. The van der Waals surface area contributed by atoms with E-state index < -0.39 is 21.1 Å². The van der Waals surface area contributed by atoms with E-state index in [1.807, 2.05) is 43.0 Å². The molecule has 192 valence electrons. The van der Waals surface area contributed by atoms with Crippen LogP contribution in [0, 0.1) is 19.7 Å². The van der Waals surface area contributed by atoms with Gasteiger partial charge in [0, 0.05) is 46.0 Å². The molecule has 0 amide bonds. The Balaban J connectivity index is 1.46. The van der Waals surface area contributed by atoms with Crippen molar-refractivity contribution < 1.29 is 12.8 Å². The van der Waals surface area contributed by atoms with Crippen LogP contribution in [0.3, 0.4) is 0 Å². The molecule has 6 nitrogen and oxygen atoms in total. The molecule has 0 N–H and O–H groups in total. The fourth-order valence-electron chi connectivity index (χ4n) is 5.10. The number of hydrogen-bond acceptors (Lipinski definition) is 5. The van der Waals surface area contributed by atoms with Gasteiger partial charge in [-0.25, -0.2) is 12.8 Å². The van der Waals surface area contributed by atoms with Gasteiger partial charge in [0.05, 0.1) is 21.5 Å². The maximum absolute atomic E-state index is 15.4. The van der Waals surface area contributed by atoms with Gasteiger partial charge in [-0.3, -0.25) is 9.69 Å². The zero-order chi connectivity index (χ0) is 26.3. The molecule has 1 aliphatic rings. The molecule has 3 aromatic carbocycles. The number of anilines is 1. The molecular weight excluding hydrogens is 489 g/mol. The summed E-state index contributed by atoms with van der Waals surface area (Å²) in [5, 5.41) is 0.0527. The van der Waals surface area contributed by atoms with Crippen molar-refractivity contribution in [3.63, 3.8) is 0 Å². The monoisotopic (exact) mass is 519 g/mol. The lowest BCUT2D eigenvalue weighted by molar-refractivity contribution is 0.249. The Morgan fingerprint density at radius 3 is 2.19 bits per heavy atom. The summed E-state index contributed by atoms with van der Waals surface area (Å²) in [6.07, 6.45) is 1.34. The van der Waals surface area contributed by atoms with E-state index in [0.717, 1.165) is 30.8 Å². The summed E-state index contributed by atoms with van der Waals surface area (Å²) in [6.45, 7) is 7.36. The van der Waals surface area contributed by atoms with Gasteiger partial charge in [-0.05, 0) is 54.8 Å². The van der Waals surface area contributed by atoms with Gasteiger partial charge in [-0.2, -0.15) is 0 Å². The van der Waals surface area contributed by atoms with E-state index >= 15 is 4.39 Å². The number of rotatable bonds is 5. The molecule has 0 bridgehead atoms. The molecule has 0 radical (unpaired) electrons. The number of pyridine rings is 1. The van der Waals surface area contributed by atoms with Crippen molar-refractivity contribution in [2.75, 3.05) is 31.1 Å². The first kappa shape index (κ1) is 25.2. The maximum atomic E-state index is 15.4. The number of benzene rings is 3. The van der Waals surface area contributed by atoms with Gasteiger partial charge in [0.1, 0.15) is 10.7 Å². The molecule has 0 atom stereocenters. The normalized spacial score (nSPS) is 14.9. The van der Waals surface area contributed by atoms with E-state index in [0.29, 0.717) is 24.3 Å². The molecular formula is C29H30FN3O3S. The van der Waals surface area contributed by atoms with Crippen LogP contribution in [0.4, 0.5) is 10.1 Å². The summed E-state index contributed by atoms with van der Waals surface area (Å²) in [6, 6.07) is 18.1. The second-order valence-corrected chi connectivity index (χ2v) is 11.7. The third kappa shape index (κ3) is 4.91. The zero-order valence-electron chi connectivity index (χ0n) is 21.2. The minimum absolute atomic E-state index is 0.0527. The van der Waals surface area contributed by atoms with Crippen LogP contribution in [0.5, 0.6) is 0 Å². The summed E-state index contributed by atoms with van der Waals surface area (Å²) < 4.78 is 43.8. The Morgan fingerprint density at radius 2 is 1.54 bits per heavy atom. The Morgan fingerprint density at radius 1 is 0.892 bits per heavy atom. The first-order valence-electron chi connectivity index (χ1n) is 12.3. The Bertz CT molecular complexity index is 1620. The van der Waals surface area contributed by atoms with Gasteiger partial charge >= 0.3 is 0 Å². The van der Waals surface area contributed by atoms with Crippen molar-refractivity contribution >= 4 is 26.4 Å². The van der Waals surface area contributed by atoms with Crippen molar-refractivity contribution in [3.8, 4) is 0 Å². The van der Waals surface area contributed by atoms with Crippen LogP contribution in [0.2, 0.25) is 0 Å². The van der Waals surface area contributed by atoms with Crippen LogP contribution in [0.15, 0.2) is 81.4 Å². The largest absolute Gasteiger partial charge is 0.367 e. The highest BCUT2D eigenvalue weighted by Crippen LogP contribution is 2.28. The van der Waals surface area contributed by atoms with Crippen molar-refractivity contribution in [3.05, 3.63) is 99.6 Å². The van der Waals surface area contributed by atoms with Crippen LogP contribution in [-0.4, -0.2) is 44.1 Å². The van der Waals surface area contributed by atoms with Crippen molar-refractivity contribution in [2.45, 2.75) is 30.2 Å². The van der Waals surface area contributed by atoms with E-state index in [-0.39, 0.29) is 15.2 Å². The first-order chi connectivity index (χ1) is 17.6. The van der Waals surface area contributed by atoms with Gasteiger partial charge in [0.25, 0.3) is 0 Å². The second-order valence-electron chi connectivity index (χ2n) is 9.83. The van der Waals surface area contributed by atoms with Crippen LogP contribution in [0.1, 0.15) is 16.7 Å². The number of aryl methyl sites for hydroxylation is 3. The topological polar surface area (TPSA) is 62.6 Å². The number of aromatic nitrogens is 1. The second kappa shape index (κ2) is 9.76. The van der Waals surface area contributed by atoms with Crippen molar-refractivity contribution in [1.29, 1.82) is 0 Å². The average molecular weight is 520 g/mol. The summed E-state index contributed by atoms with van der Waals surface area (Å²) >= 11 is 0. The highest BCUT2D eigenvalue weighted by molar-refractivity contribution is 7.91. The lowest BCUT2D eigenvalue weighted by Gasteiger charge is -2.36. The lowest BCUT2D eigenvalue weighted by atomic mass is 10.1. The Labute approximate surface area is 216 Å². The predicted molar refractivity (Wildman–Crippen MR) is 144 cm³/mol. The van der Waals surface area contributed by atoms with Crippen LogP contribution in [0.25, 0.3) is 10.9 Å². The van der Waals surface area contributed by atoms with E-state index in [9.17, 15) is 13.2 Å². The van der Waals surface area contributed by atoms with E-state index in [1.165, 1.54) is 17.8 Å². The number of nitrogens with zero attached hydrogens (tertiary/aromatic N) is 3. The highest BCUT2D eigenvalue weighted by Gasteiger charge is 2.26. The number of halogens is 1. The van der Waals surface area contributed by atoms with Crippen LogP contribution >= 0.6 is 0 Å². The smallest absolute Gasteiger partial charge is 0.211 e. The summed E-state index contributed by atoms with van der Waals surface area (Å²) in [7, 11) is -2.39. The fraction of sp³-hybridized carbons (Fsp3) is 0.276. The minimum Gasteiger partial charge on any atom is -0.367 e. The van der Waals surface area contributed by atoms with Gasteiger partial charge in [0.2, 0.25) is 15.3 Å². The molecule has 2 heterocycles. The molecule has 1 saturated heterocycles. The third-order valence-corrected chi connectivity index (χ3v) is 8.71. The predicted octanol–water partition coefficient (Wildman–Crippen LogP) is 4.45. The summed E-state index contributed by atoms with van der Waals surface area (Å²) in [4.78, 5) is 17.4. The van der Waals surface area contributed by atoms with E-state index in [2.05, 4.69) is 17.0 Å². The molecule has 5 rings (SSSR count). The summed E-state index contributed by atoms with van der Waals surface area (Å²) in [5.41, 5.74) is 3.05. The minimum atomic E-state index is -4.08. The summed E-state index contributed by atoms with van der Waals surface area (Å²) in [5.74, 6) is -0.526. The molecule has 0 unspecified atom stereocenters. The van der Waals surface area contributed by atoms with Crippen LogP contribution < -0.4 is 10.3 Å². The van der Waals surface area contributed by atoms with Crippen molar-refractivity contribution in [2.24, 2.45) is 7.05 Å². The molecule has 1 aliphatic heterocycles. The van der Waals surface area contributed by atoms with E-state index in [1.54, 1.807) is 29.8 Å². The number of fused-ring (bicyclic) bond motifs is 1.